The first-order chi connectivity index (χ1) is 8.31. The lowest BCUT2D eigenvalue weighted by atomic mass is 9.97. The summed E-state index contributed by atoms with van der Waals surface area (Å²) in [5.74, 6) is 5.56. The van der Waals surface area contributed by atoms with E-state index in [4.69, 9.17) is 5.84 Å². The molecule has 6 heteroatoms. The number of nitrogens with one attached hydrogen (secondary N) is 1. The van der Waals surface area contributed by atoms with Crippen molar-refractivity contribution in [1.29, 1.82) is 0 Å². The van der Waals surface area contributed by atoms with E-state index in [2.05, 4.69) is 10.2 Å². The van der Waals surface area contributed by atoms with E-state index in [9.17, 15) is 13.2 Å². The Morgan fingerprint density at radius 2 is 2.00 bits per heavy atom. The maximum Gasteiger partial charge on any atom is 0.573 e. The topological polar surface area (TPSA) is 47.3 Å². The summed E-state index contributed by atoms with van der Waals surface area (Å²) in [5.41, 5.74) is 3.28. The van der Waals surface area contributed by atoms with Crippen molar-refractivity contribution >= 4 is 0 Å². The van der Waals surface area contributed by atoms with Crippen LogP contribution in [0.25, 0.3) is 0 Å². The van der Waals surface area contributed by atoms with E-state index >= 15 is 0 Å². The third-order valence-electron chi connectivity index (χ3n) is 2.40. The lowest BCUT2D eigenvalue weighted by Gasteiger charge is -2.19. The second-order valence-corrected chi connectivity index (χ2v) is 4.47. The Labute approximate surface area is 104 Å². The zero-order valence-electron chi connectivity index (χ0n) is 10.3. The molecule has 1 atom stereocenters. The molecule has 0 fully saturated rings. The fourth-order valence-electron chi connectivity index (χ4n) is 1.70. The molecule has 0 saturated heterocycles. The molecule has 1 unspecified atom stereocenters. The maximum atomic E-state index is 12.1. The highest BCUT2D eigenvalue weighted by Gasteiger charge is 2.31. The van der Waals surface area contributed by atoms with Crippen LogP contribution in [-0.2, 0) is 0 Å². The lowest BCUT2D eigenvalue weighted by Crippen LogP contribution is -2.29. The average molecular weight is 262 g/mol. The van der Waals surface area contributed by atoms with Gasteiger partial charge in [-0.3, -0.25) is 11.3 Å². The first kappa shape index (κ1) is 14.8. The predicted molar refractivity (Wildman–Crippen MR) is 62.6 cm³/mol. The van der Waals surface area contributed by atoms with Crippen LogP contribution >= 0.6 is 0 Å². The van der Waals surface area contributed by atoms with Gasteiger partial charge in [-0.05, 0) is 30.0 Å². The molecule has 0 amide bonds. The largest absolute Gasteiger partial charge is 0.573 e. The number of benzene rings is 1. The minimum atomic E-state index is -4.68. The minimum absolute atomic E-state index is 0.193. The van der Waals surface area contributed by atoms with Crippen molar-refractivity contribution < 1.29 is 17.9 Å². The van der Waals surface area contributed by atoms with Gasteiger partial charge in [0.2, 0.25) is 0 Å². The van der Waals surface area contributed by atoms with E-state index in [1.54, 1.807) is 6.07 Å². The van der Waals surface area contributed by atoms with Crippen molar-refractivity contribution in [3.05, 3.63) is 29.8 Å². The van der Waals surface area contributed by atoms with Gasteiger partial charge in [0.15, 0.2) is 0 Å². The Balaban J connectivity index is 2.86. The van der Waals surface area contributed by atoms with Gasteiger partial charge in [0, 0.05) is 6.04 Å². The molecule has 3 nitrogen and oxygen atoms in total. The maximum absolute atomic E-state index is 12.1. The number of hydrazine groups is 1. The number of ether oxygens (including phenoxy) is 1. The normalized spacial score (nSPS) is 13.7. The van der Waals surface area contributed by atoms with Crippen molar-refractivity contribution in [2.24, 2.45) is 11.8 Å². The SMILES string of the molecule is CC(C)CC(NN)c1cccc(OC(F)(F)F)c1. The van der Waals surface area contributed by atoms with Gasteiger partial charge in [-0.2, -0.15) is 0 Å². The van der Waals surface area contributed by atoms with Gasteiger partial charge in [-0.15, -0.1) is 13.2 Å². The molecule has 0 aliphatic carbocycles. The van der Waals surface area contributed by atoms with Crippen LogP contribution in [0.2, 0.25) is 0 Å². The Morgan fingerprint density at radius 1 is 1.33 bits per heavy atom. The summed E-state index contributed by atoms with van der Waals surface area (Å²) >= 11 is 0. The van der Waals surface area contributed by atoms with Crippen LogP contribution in [-0.4, -0.2) is 6.36 Å². The fourth-order valence-corrected chi connectivity index (χ4v) is 1.70. The van der Waals surface area contributed by atoms with Crippen molar-refractivity contribution in [3.63, 3.8) is 0 Å². The third-order valence-corrected chi connectivity index (χ3v) is 2.40. The summed E-state index contributed by atoms with van der Waals surface area (Å²) < 4.78 is 40.2. The van der Waals surface area contributed by atoms with Gasteiger partial charge < -0.3 is 4.74 Å². The van der Waals surface area contributed by atoms with Crippen LogP contribution in [0, 0.1) is 5.92 Å². The van der Waals surface area contributed by atoms with Gasteiger partial charge in [-0.25, -0.2) is 0 Å². The molecule has 0 aliphatic rings. The minimum Gasteiger partial charge on any atom is -0.406 e. The van der Waals surface area contributed by atoms with Gasteiger partial charge >= 0.3 is 6.36 Å². The Bertz CT molecular complexity index is 380. The molecular formula is C12H17F3N2O. The molecule has 0 spiro atoms. The molecule has 1 aromatic rings. The monoisotopic (exact) mass is 262 g/mol. The third kappa shape index (κ3) is 4.93. The highest BCUT2D eigenvalue weighted by atomic mass is 19.4. The highest BCUT2D eigenvalue weighted by Crippen LogP contribution is 2.27. The molecule has 0 aromatic heterocycles. The van der Waals surface area contributed by atoms with E-state index in [1.165, 1.54) is 18.2 Å². The predicted octanol–water partition coefficient (Wildman–Crippen LogP) is 3.14. The molecule has 1 aromatic carbocycles. The molecule has 0 aliphatic heterocycles. The van der Waals surface area contributed by atoms with Crippen LogP contribution in [0.3, 0.4) is 0 Å². The Hall–Kier alpha value is -1.27. The number of rotatable bonds is 5. The van der Waals surface area contributed by atoms with Crippen LogP contribution in [0.5, 0.6) is 5.75 Å². The Morgan fingerprint density at radius 3 is 2.50 bits per heavy atom. The number of hydrogen-bond donors (Lipinski definition) is 2. The van der Waals surface area contributed by atoms with Crippen LogP contribution in [0.4, 0.5) is 13.2 Å². The standard InChI is InChI=1S/C12H17F3N2O/c1-8(2)6-11(17-16)9-4-3-5-10(7-9)18-12(13,14)15/h3-5,7-8,11,17H,6,16H2,1-2H3. The van der Waals surface area contributed by atoms with Crippen LogP contribution < -0.4 is 16.0 Å². The lowest BCUT2D eigenvalue weighted by molar-refractivity contribution is -0.274. The zero-order valence-corrected chi connectivity index (χ0v) is 10.3. The summed E-state index contributed by atoms with van der Waals surface area (Å²) in [5, 5.41) is 0. The number of alkyl halides is 3. The molecule has 3 N–H and O–H groups in total. The van der Waals surface area contributed by atoms with Gasteiger partial charge in [0.25, 0.3) is 0 Å². The molecule has 1 rings (SSSR count). The highest BCUT2D eigenvalue weighted by molar-refractivity contribution is 5.30. The van der Waals surface area contributed by atoms with E-state index < -0.39 is 6.36 Å². The quantitative estimate of drug-likeness (QED) is 0.633. The smallest absolute Gasteiger partial charge is 0.406 e. The molecule has 18 heavy (non-hydrogen) atoms. The van der Waals surface area contributed by atoms with Crippen molar-refractivity contribution in [2.45, 2.75) is 32.7 Å². The summed E-state index contributed by atoms with van der Waals surface area (Å²) in [6.45, 7) is 4.03. The average Bonchev–Trinajstić information content (AvgIpc) is 2.23. The Kier molecular flexibility index (Phi) is 4.98. The van der Waals surface area contributed by atoms with Gasteiger partial charge in [0.05, 0.1) is 0 Å². The van der Waals surface area contributed by atoms with Gasteiger partial charge in [-0.1, -0.05) is 26.0 Å². The number of halogens is 3. The second-order valence-electron chi connectivity index (χ2n) is 4.47. The summed E-state index contributed by atoms with van der Waals surface area (Å²) in [6.07, 6.45) is -3.95. The second kappa shape index (κ2) is 6.06. The molecule has 0 heterocycles. The fraction of sp³-hybridized carbons (Fsp3) is 0.500. The van der Waals surface area contributed by atoms with Gasteiger partial charge in [0.1, 0.15) is 5.75 Å². The van der Waals surface area contributed by atoms with Crippen molar-refractivity contribution in [2.75, 3.05) is 0 Å². The first-order valence-electron chi connectivity index (χ1n) is 5.63. The summed E-state index contributed by atoms with van der Waals surface area (Å²) in [4.78, 5) is 0. The molecule has 0 radical (unpaired) electrons. The summed E-state index contributed by atoms with van der Waals surface area (Å²) in [6, 6.07) is 5.65. The molecule has 102 valence electrons. The number of hydrogen-bond acceptors (Lipinski definition) is 3. The van der Waals surface area contributed by atoms with E-state index in [0.717, 1.165) is 6.42 Å². The first-order valence-corrected chi connectivity index (χ1v) is 5.63. The molecule has 0 saturated carbocycles. The van der Waals surface area contributed by atoms with Crippen LogP contribution in [0.15, 0.2) is 24.3 Å². The molecule has 0 bridgehead atoms. The number of nitrogens with two attached hydrogens (primary N) is 1. The summed E-state index contributed by atoms with van der Waals surface area (Å²) in [7, 11) is 0. The van der Waals surface area contributed by atoms with Crippen molar-refractivity contribution in [1.82, 2.24) is 5.43 Å². The van der Waals surface area contributed by atoms with Crippen molar-refractivity contribution in [3.8, 4) is 5.75 Å². The molecular weight excluding hydrogens is 245 g/mol. The van der Waals surface area contributed by atoms with E-state index in [0.29, 0.717) is 11.5 Å². The van der Waals surface area contributed by atoms with Crippen LogP contribution in [0.1, 0.15) is 31.9 Å². The van der Waals surface area contributed by atoms with E-state index in [-0.39, 0.29) is 11.8 Å². The van der Waals surface area contributed by atoms with E-state index in [1.807, 2.05) is 13.8 Å². The zero-order chi connectivity index (χ0) is 13.8.